The van der Waals surface area contributed by atoms with Gasteiger partial charge in [0.25, 0.3) is 0 Å². The molecule has 1 atom stereocenters. The molecule has 0 bridgehead atoms. The van der Waals surface area contributed by atoms with Gasteiger partial charge in [0.1, 0.15) is 0 Å². The summed E-state index contributed by atoms with van der Waals surface area (Å²) < 4.78 is 0. The number of likely N-dealkylation sites (N-methyl/N-ethyl adjacent to an activating group) is 1. The first-order chi connectivity index (χ1) is 7.22. The minimum Gasteiger partial charge on any atom is -0.337 e. The van der Waals surface area contributed by atoms with E-state index >= 15 is 0 Å². The van der Waals surface area contributed by atoms with Crippen molar-refractivity contribution >= 4 is 5.91 Å². The van der Waals surface area contributed by atoms with Gasteiger partial charge in [-0.2, -0.15) is 0 Å². The standard InChI is InChI=1S/C12H16N2O/c1-2-14-8-10-6-4-3-5-9(10)7-11(13)12(14)15/h3-6,11H,2,7-8,13H2,1H3. The Kier molecular flexibility index (Phi) is 2.73. The van der Waals surface area contributed by atoms with Crippen molar-refractivity contribution in [1.29, 1.82) is 0 Å². The highest BCUT2D eigenvalue weighted by molar-refractivity contribution is 5.82. The van der Waals surface area contributed by atoms with E-state index in [1.807, 2.05) is 24.0 Å². The summed E-state index contributed by atoms with van der Waals surface area (Å²) in [7, 11) is 0. The van der Waals surface area contributed by atoms with Crippen molar-refractivity contribution in [3.63, 3.8) is 0 Å². The molecule has 1 aliphatic rings. The fourth-order valence-corrected chi connectivity index (χ4v) is 2.02. The van der Waals surface area contributed by atoms with Crippen molar-refractivity contribution in [2.45, 2.75) is 25.9 Å². The summed E-state index contributed by atoms with van der Waals surface area (Å²) >= 11 is 0. The molecule has 1 aliphatic heterocycles. The van der Waals surface area contributed by atoms with Crippen LogP contribution in [0.4, 0.5) is 0 Å². The highest BCUT2D eigenvalue weighted by Gasteiger charge is 2.25. The van der Waals surface area contributed by atoms with Gasteiger partial charge in [-0.05, 0) is 24.5 Å². The Morgan fingerprint density at radius 3 is 2.73 bits per heavy atom. The molecule has 1 aromatic rings. The zero-order chi connectivity index (χ0) is 10.8. The normalized spacial score (nSPS) is 21.1. The Bertz CT molecular complexity index is 376. The minimum atomic E-state index is -0.381. The zero-order valence-electron chi connectivity index (χ0n) is 8.94. The maximum Gasteiger partial charge on any atom is 0.240 e. The van der Waals surface area contributed by atoms with Crippen LogP contribution in [-0.2, 0) is 17.8 Å². The Labute approximate surface area is 89.9 Å². The third-order valence-corrected chi connectivity index (χ3v) is 2.93. The molecule has 1 aromatic carbocycles. The second-order valence-corrected chi connectivity index (χ2v) is 3.93. The van der Waals surface area contributed by atoms with Gasteiger partial charge in [0, 0.05) is 13.1 Å². The third-order valence-electron chi connectivity index (χ3n) is 2.93. The second-order valence-electron chi connectivity index (χ2n) is 3.93. The van der Waals surface area contributed by atoms with E-state index in [4.69, 9.17) is 5.73 Å². The number of amides is 1. The molecule has 0 spiro atoms. The molecular formula is C12H16N2O. The van der Waals surface area contributed by atoms with Crippen molar-refractivity contribution < 1.29 is 4.79 Å². The molecule has 0 radical (unpaired) electrons. The maximum atomic E-state index is 11.8. The molecule has 0 saturated heterocycles. The molecule has 2 rings (SSSR count). The molecule has 0 aromatic heterocycles. The van der Waals surface area contributed by atoms with E-state index in [0.29, 0.717) is 13.0 Å². The molecule has 1 heterocycles. The van der Waals surface area contributed by atoms with E-state index in [0.717, 1.165) is 6.54 Å². The van der Waals surface area contributed by atoms with Crippen LogP contribution < -0.4 is 5.73 Å². The van der Waals surface area contributed by atoms with Gasteiger partial charge in [-0.3, -0.25) is 4.79 Å². The molecule has 0 aliphatic carbocycles. The fourth-order valence-electron chi connectivity index (χ4n) is 2.02. The first-order valence-electron chi connectivity index (χ1n) is 5.33. The summed E-state index contributed by atoms with van der Waals surface area (Å²) in [6.45, 7) is 3.40. The van der Waals surface area contributed by atoms with Crippen LogP contribution in [0.5, 0.6) is 0 Å². The molecule has 1 unspecified atom stereocenters. The molecule has 1 amide bonds. The lowest BCUT2D eigenvalue weighted by Gasteiger charge is -2.20. The number of fused-ring (bicyclic) bond motifs is 1. The van der Waals surface area contributed by atoms with Crippen molar-refractivity contribution in [3.05, 3.63) is 35.4 Å². The van der Waals surface area contributed by atoms with Gasteiger partial charge < -0.3 is 10.6 Å². The van der Waals surface area contributed by atoms with Crippen LogP contribution in [0.2, 0.25) is 0 Å². The highest BCUT2D eigenvalue weighted by Crippen LogP contribution is 2.18. The van der Waals surface area contributed by atoms with Crippen molar-refractivity contribution in [2.24, 2.45) is 5.73 Å². The van der Waals surface area contributed by atoms with Crippen LogP contribution in [0.1, 0.15) is 18.1 Å². The van der Waals surface area contributed by atoms with Crippen molar-refractivity contribution in [1.82, 2.24) is 4.90 Å². The molecular weight excluding hydrogens is 188 g/mol. The van der Waals surface area contributed by atoms with E-state index in [-0.39, 0.29) is 11.9 Å². The van der Waals surface area contributed by atoms with E-state index < -0.39 is 0 Å². The number of benzene rings is 1. The molecule has 3 nitrogen and oxygen atoms in total. The van der Waals surface area contributed by atoms with Crippen LogP contribution in [0, 0.1) is 0 Å². The summed E-state index contributed by atoms with van der Waals surface area (Å²) in [4.78, 5) is 13.7. The van der Waals surface area contributed by atoms with E-state index in [9.17, 15) is 4.79 Å². The topological polar surface area (TPSA) is 46.3 Å². The van der Waals surface area contributed by atoms with Crippen LogP contribution in [-0.4, -0.2) is 23.4 Å². The Hall–Kier alpha value is -1.35. The molecule has 0 saturated carbocycles. The quantitative estimate of drug-likeness (QED) is 0.739. The van der Waals surface area contributed by atoms with Gasteiger partial charge in [0.05, 0.1) is 6.04 Å². The van der Waals surface area contributed by atoms with E-state index in [2.05, 4.69) is 12.1 Å². The molecule has 15 heavy (non-hydrogen) atoms. The lowest BCUT2D eigenvalue weighted by atomic mass is 10.0. The Morgan fingerprint density at radius 1 is 1.40 bits per heavy atom. The van der Waals surface area contributed by atoms with E-state index in [1.165, 1.54) is 11.1 Å². The number of rotatable bonds is 1. The number of hydrogen-bond acceptors (Lipinski definition) is 2. The predicted octanol–water partition coefficient (Wildman–Crippen LogP) is 0.918. The van der Waals surface area contributed by atoms with Crippen molar-refractivity contribution in [3.8, 4) is 0 Å². The minimum absolute atomic E-state index is 0.0636. The monoisotopic (exact) mass is 204 g/mol. The van der Waals surface area contributed by atoms with Gasteiger partial charge in [-0.25, -0.2) is 0 Å². The summed E-state index contributed by atoms with van der Waals surface area (Å²) in [6, 6.07) is 7.75. The lowest BCUT2D eigenvalue weighted by Crippen LogP contribution is -2.42. The number of hydrogen-bond donors (Lipinski definition) is 1. The lowest BCUT2D eigenvalue weighted by molar-refractivity contribution is -0.132. The van der Waals surface area contributed by atoms with Crippen LogP contribution in [0.3, 0.4) is 0 Å². The molecule has 2 N–H and O–H groups in total. The molecule has 3 heteroatoms. The highest BCUT2D eigenvalue weighted by atomic mass is 16.2. The SMILES string of the molecule is CCN1Cc2ccccc2CC(N)C1=O. The maximum absolute atomic E-state index is 11.8. The van der Waals surface area contributed by atoms with Crippen molar-refractivity contribution in [2.75, 3.05) is 6.54 Å². The summed E-state index contributed by atoms with van der Waals surface area (Å²) in [5, 5.41) is 0. The second kappa shape index (κ2) is 4.03. The first kappa shape index (κ1) is 10.2. The van der Waals surface area contributed by atoms with Crippen LogP contribution in [0.15, 0.2) is 24.3 Å². The number of nitrogens with two attached hydrogens (primary N) is 1. The van der Waals surface area contributed by atoms with Gasteiger partial charge in [-0.15, -0.1) is 0 Å². The average Bonchev–Trinajstić information content (AvgIpc) is 2.37. The molecule has 80 valence electrons. The summed E-state index contributed by atoms with van der Waals surface area (Å²) in [5.41, 5.74) is 8.29. The number of carbonyl (C=O) groups is 1. The molecule has 0 fully saturated rings. The largest absolute Gasteiger partial charge is 0.337 e. The Morgan fingerprint density at radius 2 is 2.07 bits per heavy atom. The van der Waals surface area contributed by atoms with Crippen LogP contribution >= 0.6 is 0 Å². The zero-order valence-corrected chi connectivity index (χ0v) is 8.94. The summed E-state index contributed by atoms with van der Waals surface area (Å²) in [6.07, 6.45) is 0.658. The number of carbonyl (C=O) groups excluding carboxylic acids is 1. The fraction of sp³-hybridized carbons (Fsp3) is 0.417. The predicted molar refractivity (Wildman–Crippen MR) is 59.2 cm³/mol. The first-order valence-corrected chi connectivity index (χ1v) is 5.33. The van der Waals surface area contributed by atoms with Crippen LogP contribution in [0.25, 0.3) is 0 Å². The van der Waals surface area contributed by atoms with Gasteiger partial charge in [0.15, 0.2) is 0 Å². The third kappa shape index (κ3) is 1.88. The van der Waals surface area contributed by atoms with E-state index in [1.54, 1.807) is 0 Å². The Balaban J connectivity index is 2.37. The average molecular weight is 204 g/mol. The van der Waals surface area contributed by atoms with Gasteiger partial charge in [-0.1, -0.05) is 24.3 Å². The van der Waals surface area contributed by atoms with Gasteiger partial charge >= 0.3 is 0 Å². The number of nitrogens with zero attached hydrogens (tertiary/aromatic N) is 1. The smallest absolute Gasteiger partial charge is 0.240 e. The summed E-state index contributed by atoms with van der Waals surface area (Å²) in [5.74, 6) is 0.0636. The van der Waals surface area contributed by atoms with Gasteiger partial charge in [0.2, 0.25) is 5.91 Å².